The van der Waals surface area contributed by atoms with Gasteiger partial charge in [0.2, 0.25) is 5.91 Å². The highest BCUT2D eigenvalue weighted by atomic mass is 16.4. The van der Waals surface area contributed by atoms with Crippen LogP contribution in [0.3, 0.4) is 0 Å². The highest BCUT2D eigenvalue weighted by molar-refractivity contribution is 5.86. The third-order valence-corrected chi connectivity index (χ3v) is 2.41. The van der Waals surface area contributed by atoms with Crippen molar-refractivity contribution in [1.29, 1.82) is 0 Å². The summed E-state index contributed by atoms with van der Waals surface area (Å²) in [5, 5.41) is 11.0. The largest absolute Gasteiger partial charge is 0.480 e. The lowest BCUT2D eigenvalue weighted by atomic mass is 10.1. The molecule has 0 radical (unpaired) electrons. The zero-order chi connectivity index (χ0) is 13.0. The van der Waals surface area contributed by atoms with Gasteiger partial charge in [-0.1, -0.05) is 0 Å². The van der Waals surface area contributed by atoms with Gasteiger partial charge in [-0.2, -0.15) is 0 Å². The summed E-state index contributed by atoms with van der Waals surface area (Å²) in [6.45, 7) is 1.39. The van der Waals surface area contributed by atoms with Crippen LogP contribution in [0.5, 0.6) is 0 Å². The van der Waals surface area contributed by atoms with E-state index in [9.17, 15) is 9.59 Å². The first-order chi connectivity index (χ1) is 7.91. The van der Waals surface area contributed by atoms with Crippen molar-refractivity contribution in [1.82, 2.24) is 14.9 Å². The predicted octanol–water partition coefficient (Wildman–Crippen LogP) is -1.12. The van der Waals surface area contributed by atoms with Gasteiger partial charge in [-0.25, -0.2) is 4.98 Å². The van der Waals surface area contributed by atoms with Gasteiger partial charge in [0.15, 0.2) is 0 Å². The molecule has 0 saturated carbocycles. The van der Waals surface area contributed by atoms with Gasteiger partial charge in [-0.15, -0.1) is 0 Å². The summed E-state index contributed by atoms with van der Waals surface area (Å²) < 4.78 is 1.76. The Hall–Kier alpha value is -1.89. The van der Waals surface area contributed by atoms with Crippen molar-refractivity contribution in [3.8, 4) is 0 Å². The van der Waals surface area contributed by atoms with Crippen LogP contribution in [0.2, 0.25) is 0 Å². The first-order valence-corrected chi connectivity index (χ1v) is 5.15. The fourth-order valence-corrected chi connectivity index (χ4v) is 1.28. The molecule has 0 spiro atoms. The Morgan fingerprint density at radius 3 is 2.76 bits per heavy atom. The smallest absolute Gasteiger partial charge is 0.325 e. The number of aryl methyl sites for hydroxylation is 1. The number of amides is 1. The van der Waals surface area contributed by atoms with Gasteiger partial charge in [0.1, 0.15) is 6.04 Å². The number of carbonyl (C=O) groups is 2. The number of carboxylic acid groups (broad SMARTS) is 1. The predicted molar refractivity (Wildman–Crippen MR) is 60.1 cm³/mol. The van der Waals surface area contributed by atoms with Crippen molar-refractivity contribution in [2.75, 3.05) is 0 Å². The van der Waals surface area contributed by atoms with E-state index in [1.807, 2.05) is 0 Å². The van der Waals surface area contributed by atoms with E-state index in [0.717, 1.165) is 5.69 Å². The van der Waals surface area contributed by atoms with Gasteiger partial charge in [-0.05, 0) is 6.92 Å². The van der Waals surface area contributed by atoms with Crippen molar-refractivity contribution in [3.63, 3.8) is 0 Å². The quantitative estimate of drug-likeness (QED) is 0.603. The number of aliphatic carboxylic acids is 1. The molecule has 0 aromatic carbocycles. The molecule has 0 saturated heterocycles. The van der Waals surface area contributed by atoms with Gasteiger partial charge in [0.25, 0.3) is 0 Å². The molecule has 4 N–H and O–H groups in total. The summed E-state index contributed by atoms with van der Waals surface area (Å²) >= 11 is 0. The molecule has 7 heteroatoms. The molecule has 94 valence electrons. The second-order valence-electron chi connectivity index (χ2n) is 3.88. The molecule has 0 bridgehead atoms. The van der Waals surface area contributed by atoms with E-state index in [4.69, 9.17) is 10.8 Å². The van der Waals surface area contributed by atoms with Crippen LogP contribution < -0.4 is 11.1 Å². The second kappa shape index (κ2) is 5.44. The molecule has 0 unspecified atom stereocenters. The van der Waals surface area contributed by atoms with Crippen molar-refractivity contribution in [2.24, 2.45) is 12.8 Å². The molecule has 1 aromatic rings. The fraction of sp³-hybridized carbons (Fsp3) is 0.500. The van der Waals surface area contributed by atoms with Gasteiger partial charge >= 0.3 is 5.97 Å². The van der Waals surface area contributed by atoms with Gasteiger partial charge in [-0.3, -0.25) is 9.59 Å². The maximum atomic E-state index is 11.6. The highest BCUT2D eigenvalue weighted by Crippen LogP contribution is 2.00. The number of nitrogens with one attached hydrogen (secondary N) is 1. The lowest BCUT2D eigenvalue weighted by Gasteiger charge is -2.14. The highest BCUT2D eigenvalue weighted by Gasteiger charge is 2.20. The molecule has 1 heterocycles. The summed E-state index contributed by atoms with van der Waals surface area (Å²) in [5.41, 5.74) is 6.50. The number of nitrogens with zero attached hydrogens (tertiary/aromatic N) is 2. The van der Waals surface area contributed by atoms with Crippen molar-refractivity contribution in [3.05, 3.63) is 18.2 Å². The standard InChI is InChI=1S/C10H16N4O3/c1-6(10(16)17)13-9(15)8(11)3-7-4-12-5-14(7)2/h4-6,8H,3,11H2,1-2H3,(H,13,15)(H,16,17)/t6-,8-/m0/s1. The number of hydrogen-bond acceptors (Lipinski definition) is 4. The van der Waals surface area contributed by atoms with Crippen molar-refractivity contribution in [2.45, 2.75) is 25.4 Å². The van der Waals surface area contributed by atoms with Crippen molar-refractivity contribution >= 4 is 11.9 Å². The van der Waals surface area contributed by atoms with Crippen LogP contribution in [0.4, 0.5) is 0 Å². The molecule has 2 atom stereocenters. The van der Waals surface area contributed by atoms with E-state index >= 15 is 0 Å². The number of hydrogen-bond donors (Lipinski definition) is 3. The minimum Gasteiger partial charge on any atom is -0.480 e. The molecule has 0 aliphatic rings. The zero-order valence-electron chi connectivity index (χ0n) is 9.75. The Morgan fingerprint density at radius 1 is 1.65 bits per heavy atom. The Kier molecular flexibility index (Phi) is 4.22. The van der Waals surface area contributed by atoms with Crippen LogP contribution in [0.25, 0.3) is 0 Å². The minimum absolute atomic E-state index is 0.314. The third-order valence-electron chi connectivity index (χ3n) is 2.41. The Labute approximate surface area is 98.6 Å². The first kappa shape index (κ1) is 13.2. The van der Waals surface area contributed by atoms with Crippen LogP contribution in [0.1, 0.15) is 12.6 Å². The molecule has 0 fully saturated rings. The van der Waals surface area contributed by atoms with Gasteiger partial charge in [0, 0.05) is 25.4 Å². The molecule has 0 aliphatic carbocycles. The Balaban J connectivity index is 2.53. The number of imidazole rings is 1. The SMILES string of the molecule is C[C@H](NC(=O)[C@@H](N)Cc1cncn1C)C(=O)O. The molecular weight excluding hydrogens is 224 g/mol. The van der Waals surface area contributed by atoms with E-state index < -0.39 is 24.0 Å². The molecule has 1 amide bonds. The number of carbonyl (C=O) groups excluding carboxylic acids is 1. The molecule has 1 rings (SSSR count). The van der Waals surface area contributed by atoms with E-state index in [2.05, 4.69) is 10.3 Å². The van der Waals surface area contributed by atoms with E-state index in [-0.39, 0.29) is 0 Å². The van der Waals surface area contributed by atoms with Gasteiger partial charge in [0.05, 0.1) is 12.4 Å². The second-order valence-corrected chi connectivity index (χ2v) is 3.88. The molecule has 0 aliphatic heterocycles. The summed E-state index contributed by atoms with van der Waals surface area (Å²) in [5.74, 6) is -1.58. The third kappa shape index (κ3) is 3.56. The van der Waals surface area contributed by atoms with E-state index in [1.165, 1.54) is 6.92 Å². The monoisotopic (exact) mass is 240 g/mol. The number of rotatable bonds is 5. The molecular formula is C10H16N4O3. The average Bonchev–Trinajstić information content (AvgIpc) is 2.64. The summed E-state index contributed by atoms with van der Waals surface area (Å²) in [6.07, 6.45) is 3.54. The van der Waals surface area contributed by atoms with Crippen LogP contribution >= 0.6 is 0 Å². The number of carboxylic acids is 1. The number of nitrogens with two attached hydrogens (primary N) is 1. The van der Waals surface area contributed by atoms with Crippen LogP contribution in [-0.4, -0.2) is 38.6 Å². The van der Waals surface area contributed by atoms with E-state index in [1.54, 1.807) is 24.1 Å². The van der Waals surface area contributed by atoms with Crippen molar-refractivity contribution < 1.29 is 14.7 Å². The molecule has 1 aromatic heterocycles. The van der Waals surface area contributed by atoms with Gasteiger partial charge < -0.3 is 20.7 Å². The zero-order valence-corrected chi connectivity index (χ0v) is 9.75. The molecule has 7 nitrogen and oxygen atoms in total. The Morgan fingerprint density at radius 2 is 2.29 bits per heavy atom. The summed E-state index contributed by atoms with van der Waals surface area (Å²) in [6, 6.07) is -1.73. The summed E-state index contributed by atoms with van der Waals surface area (Å²) in [7, 11) is 1.80. The van der Waals surface area contributed by atoms with Crippen LogP contribution in [0, 0.1) is 0 Å². The average molecular weight is 240 g/mol. The normalized spacial score (nSPS) is 14.1. The topological polar surface area (TPSA) is 110 Å². The van der Waals surface area contributed by atoms with E-state index in [0.29, 0.717) is 6.42 Å². The number of aromatic nitrogens is 2. The minimum atomic E-state index is -1.09. The maximum Gasteiger partial charge on any atom is 0.325 e. The fourth-order valence-electron chi connectivity index (χ4n) is 1.28. The van der Waals surface area contributed by atoms with Crippen LogP contribution in [-0.2, 0) is 23.1 Å². The maximum absolute atomic E-state index is 11.6. The summed E-state index contributed by atoms with van der Waals surface area (Å²) in [4.78, 5) is 26.0. The first-order valence-electron chi connectivity index (χ1n) is 5.15. The Bertz CT molecular complexity index is 415. The van der Waals surface area contributed by atoms with Crippen LogP contribution in [0.15, 0.2) is 12.5 Å². The lowest BCUT2D eigenvalue weighted by molar-refractivity contribution is -0.141. The lowest BCUT2D eigenvalue weighted by Crippen LogP contribution is -2.48. The molecule has 17 heavy (non-hydrogen) atoms.